The maximum atomic E-state index is 12.2. The molecular formula is C15H23N3O. The van der Waals surface area contributed by atoms with E-state index in [1.165, 1.54) is 0 Å². The van der Waals surface area contributed by atoms with Gasteiger partial charge in [-0.25, -0.2) is 4.98 Å². The average molecular weight is 261 g/mol. The molecule has 1 aliphatic carbocycles. The number of carbonyl (C=O) groups is 1. The van der Waals surface area contributed by atoms with Crippen molar-refractivity contribution in [2.75, 3.05) is 11.9 Å². The molecule has 0 radical (unpaired) electrons. The van der Waals surface area contributed by atoms with Gasteiger partial charge in [-0.05, 0) is 44.2 Å². The van der Waals surface area contributed by atoms with E-state index in [0.29, 0.717) is 11.6 Å². The minimum atomic E-state index is 0.0214. The van der Waals surface area contributed by atoms with E-state index in [2.05, 4.69) is 22.5 Å². The van der Waals surface area contributed by atoms with Crippen LogP contribution in [0.3, 0.4) is 0 Å². The lowest BCUT2D eigenvalue weighted by atomic mass is 9.82. The predicted octanol–water partition coefficient (Wildman–Crippen LogP) is 2.60. The maximum Gasteiger partial charge on any atom is 0.251 e. The third-order valence-electron chi connectivity index (χ3n) is 3.57. The molecule has 0 unspecified atom stereocenters. The Labute approximate surface area is 115 Å². The van der Waals surface area contributed by atoms with Crippen molar-refractivity contribution in [2.45, 2.75) is 46.1 Å². The zero-order valence-corrected chi connectivity index (χ0v) is 12.0. The van der Waals surface area contributed by atoms with Gasteiger partial charge in [0.25, 0.3) is 5.91 Å². The Bertz CT molecular complexity index is 453. The molecule has 0 aromatic carbocycles. The molecule has 2 rings (SSSR count). The van der Waals surface area contributed by atoms with E-state index in [1.807, 2.05) is 26.0 Å². The highest BCUT2D eigenvalue weighted by atomic mass is 16.1. The first-order chi connectivity index (χ1) is 9.12. The summed E-state index contributed by atoms with van der Waals surface area (Å²) >= 11 is 0. The third kappa shape index (κ3) is 3.46. The summed E-state index contributed by atoms with van der Waals surface area (Å²) in [6, 6.07) is 4.07. The topological polar surface area (TPSA) is 54.0 Å². The van der Waals surface area contributed by atoms with Crippen LogP contribution in [-0.4, -0.2) is 23.5 Å². The lowest BCUT2D eigenvalue weighted by Crippen LogP contribution is -2.43. The molecule has 104 valence electrons. The van der Waals surface area contributed by atoms with Gasteiger partial charge in [-0.2, -0.15) is 0 Å². The number of aromatic nitrogens is 1. The van der Waals surface area contributed by atoms with Crippen LogP contribution in [0.4, 0.5) is 5.82 Å². The smallest absolute Gasteiger partial charge is 0.251 e. The van der Waals surface area contributed by atoms with Crippen LogP contribution in [0, 0.1) is 5.92 Å². The Hall–Kier alpha value is -1.58. The first kappa shape index (κ1) is 13.8. The summed E-state index contributed by atoms with van der Waals surface area (Å²) in [6.07, 6.45) is 3.02. The van der Waals surface area contributed by atoms with Gasteiger partial charge in [0.05, 0.1) is 0 Å². The minimum absolute atomic E-state index is 0.0214. The van der Waals surface area contributed by atoms with Crippen LogP contribution in [0.1, 0.15) is 49.7 Å². The number of anilines is 1. The first-order valence-corrected chi connectivity index (χ1v) is 7.18. The van der Waals surface area contributed by atoms with Crippen LogP contribution in [0.25, 0.3) is 0 Å². The fraction of sp³-hybridized carbons (Fsp3) is 0.600. The van der Waals surface area contributed by atoms with Gasteiger partial charge < -0.3 is 10.6 Å². The van der Waals surface area contributed by atoms with Crippen molar-refractivity contribution in [2.24, 2.45) is 5.92 Å². The van der Waals surface area contributed by atoms with Gasteiger partial charge in [0.2, 0.25) is 0 Å². The Morgan fingerprint density at radius 2 is 2.11 bits per heavy atom. The summed E-state index contributed by atoms with van der Waals surface area (Å²) < 4.78 is 0. The van der Waals surface area contributed by atoms with E-state index in [-0.39, 0.29) is 5.91 Å². The van der Waals surface area contributed by atoms with E-state index < -0.39 is 0 Å². The first-order valence-electron chi connectivity index (χ1n) is 7.18. The highest BCUT2D eigenvalue weighted by Crippen LogP contribution is 2.26. The minimum Gasteiger partial charge on any atom is -0.370 e. The molecule has 1 fully saturated rings. The Kier molecular flexibility index (Phi) is 4.40. The molecule has 0 atom stereocenters. The van der Waals surface area contributed by atoms with E-state index >= 15 is 0 Å². The van der Waals surface area contributed by atoms with Gasteiger partial charge in [0.15, 0.2) is 0 Å². The van der Waals surface area contributed by atoms with Crippen LogP contribution in [0.2, 0.25) is 0 Å². The van der Waals surface area contributed by atoms with E-state index in [0.717, 1.165) is 43.2 Å². The summed E-state index contributed by atoms with van der Waals surface area (Å²) in [5, 5.41) is 6.26. The predicted molar refractivity (Wildman–Crippen MR) is 77.4 cm³/mol. The zero-order chi connectivity index (χ0) is 13.8. The van der Waals surface area contributed by atoms with Crippen LogP contribution in [0.15, 0.2) is 12.1 Å². The lowest BCUT2D eigenvalue weighted by molar-refractivity contribution is 0.0896. The van der Waals surface area contributed by atoms with Crippen molar-refractivity contribution in [3.63, 3.8) is 0 Å². The Morgan fingerprint density at radius 1 is 1.37 bits per heavy atom. The molecule has 1 aromatic heterocycles. The fourth-order valence-corrected chi connectivity index (χ4v) is 2.46. The van der Waals surface area contributed by atoms with E-state index in [4.69, 9.17) is 0 Å². The van der Waals surface area contributed by atoms with Gasteiger partial charge in [-0.1, -0.05) is 13.8 Å². The highest BCUT2D eigenvalue weighted by molar-refractivity contribution is 5.95. The van der Waals surface area contributed by atoms with Gasteiger partial charge in [-0.15, -0.1) is 0 Å². The van der Waals surface area contributed by atoms with Crippen LogP contribution in [-0.2, 0) is 6.42 Å². The van der Waals surface area contributed by atoms with Gasteiger partial charge >= 0.3 is 0 Å². The van der Waals surface area contributed by atoms with Crippen molar-refractivity contribution in [1.29, 1.82) is 0 Å². The molecule has 1 amide bonds. The molecular weight excluding hydrogens is 238 g/mol. The molecule has 1 saturated carbocycles. The summed E-state index contributed by atoms with van der Waals surface area (Å²) in [5.41, 5.74) is 1.66. The average Bonchev–Trinajstić information content (AvgIpc) is 2.36. The quantitative estimate of drug-likeness (QED) is 0.856. The number of pyridine rings is 1. The summed E-state index contributed by atoms with van der Waals surface area (Å²) in [7, 11) is 0. The number of aryl methyl sites for hydroxylation is 1. The normalized spacial score (nSPS) is 21.6. The third-order valence-corrected chi connectivity index (χ3v) is 3.57. The van der Waals surface area contributed by atoms with E-state index in [1.54, 1.807) is 0 Å². The van der Waals surface area contributed by atoms with Gasteiger partial charge in [0, 0.05) is 23.8 Å². The lowest BCUT2D eigenvalue weighted by Gasteiger charge is -2.33. The SMILES string of the molecule is CCNc1cc(C(=O)NC2CC(C)C2)cc(CC)n1. The zero-order valence-electron chi connectivity index (χ0n) is 12.0. The monoisotopic (exact) mass is 261 g/mol. The maximum absolute atomic E-state index is 12.2. The molecule has 1 aliphatic rings. The van der Waals surface area contributed by atoms with Crippen molar-refractivity contribution in [1.82, 2.24) is 10.3 Å². The van der Waals surface area contributed by atoms with Crippen molar-refractivity contribution in [3.05, 3.63) is 23.4 Å². The molecule has 4 nitrogen and oxygen atoms in total. The molecule has 0 bridgehead atoms. The highest BCUT2D eigenvalue weighted by Gasteiger charge is 2.27. The second kappa shape index (κ2) is 6.04. The molecule has 1 heterocycles. The molecule has 1 aromatic rings. The molecule has 0 spiro atoms. The number of hydrogen-bond donors (Lipinski definition) is 2. The molecule has 0 saturated heterocycles. The largest absolute Gasteiger partial charge is 0.370 e. The molecule has 2 N–H and O–H groups in total. The van der Waals surface area contributed by atoms with Gasteiger partial charge in [-0.3, -0.25) is 4.79 Å². The van der Waals surface area contributed by atoms with Crippen LogP contribution in [0.5, 0.6) is 0 Å². The fourth-order valence-electron chi connectivity index (χ4n) is 2.46. The van der Waals surface area contributed by atoms with Crippen LogP contribution < -0.4 is 10.6 Å². The van der Waals surface area contributed by atoms with Gasteiger partial charge in [0.1, 0.15) is 5.82 Å². The molecule has 19 heavy (non-hydrogen) atoms. The van der Waals surface area contributed by atoms with Crippen LogP contribution >= 0.6 is 0 Å². The second-order valence-corrected chi connectivity index (χ2v) is 5.36. The number of carbonyl (C=O) groups excluding carboxylic acids is 1. The molecule has 0 aliphatic heterocycles. The second-order valence-electron chi connectivity index (χ2n) is 5.36. The number of rotatable bonds is 5. The van der Waals surface area contributed by atoms with Crippen molar-refractivity contribution >= 4 is 11.7 Å². The standard InChI is InChI=1S/C15H23N3O/c1-4-12-8-11(9-14(17-12)16-5-2)15(19)18-13-6-10(3)7-13/h8-10,13H,4-7H2,1-3H3,(H,16,17)(H,18,19). The Balaban J connectivity index is 2.08. The Morgan fingerprint density at radius 3 is 2.68 bits per heavy atom. The van der Waals surface area contributed by atoms with Crippen molar-refractivity contribution in [3.8, 4) is 0 Å². The number of nitrogens with one attached hydrogen (secondary N) is 2. The summed E-state index contributed by atoms with van der Waals surface area (Å²) in [4.78, 5) is 16.7. The van der Waals surface area contributed by atoms with Crippen molar-refractivity contribution < 1.29 is 4.79 Å². The number of nitrogens with zero attached hydrogens (tertiary/aromatic N) is 1. The number of hydrogen-bond acceptors (Lipinski definition) is 3. The number of amides is 1. The molecule has 4 heteroatoms. The summed E-state index contributed by atoms with van der Waals surface area (Å²) in [5.74, 6) is 1.55. The van der Waals surface area contributed by atoms with E-state index in [9.17, 15) is 4.79 Å². The summed E-state index contributed by atoms with van der Waals surface area (Å²) in [6.45, 7) is 7.10.